The highest BCUT2D eigenvalue weighted by Gasteiger charge is 2.11. The third kappa shape index (κ3) is 4.67. The molecule has 0 bridgehead atoms. The maximum Gasteiger partial charge on any atom is 0.305 e. The van der Waals surface area contributed by atoms with Crippen LogP contribution in [0.4, 0.5) is 0 Å². The molecule has 1 unspecified atom stereocenters. The van der Waals surface area contributed by atoms with Crippen LogP contribution in [0.3, 0.4) is 0 Å². The second-order valence-electron chi connectivity index (χ2n) is 4.39. The van der Waals surface area contributed by atoms with Crippen molar-refractivity contribution in [3.63, 3.8) is 0 Å². The summed E-state index contributed by atoms with van der Waals surface area (Å²) in [5, 5.41) is 0.749. The number of ether oxygens (including phenoxy) is 1. The van der Waals surface area contributed by atoms with Gasteiger partial charge in [0.2, 0.25) is 0 Å². The monoisotopic (exact) mass is 269 g/mol. The van der Waals surface area contributed by atoms with Gasteiger partial charge in [0.05, 0.1) is 7.11 Å². The molecule has 0 heterocycles. The molecular formula is C14H20ClNO2. The molecule has 100 valence electrons. The fourth-order valence-electron chi connectivity index (χ4n) is 1.76. The number of hydrogen-bond donors (Lipinski definition) is 0. The van der Waals surface area contributed by atoms with Crippen LogP contribution in [0.5, 0.6) is 0 Å². The van der Waals surface area contributed by atoms with Gasteiger partial charge in [-0.15, -0.1) is 0 Å². The van der Waals surface area contributed by atoms with Crippen molar-refractivity contribution >= 4 is 17.6 Å². The molecule has 3 nitrogen and oxygen atoms in total. The number of esters is 1. The Morgan fingerprint density at radius 3 is 2.56 bits per heavy atom. The topological polar surface area (TPSA) is 29.5 Å². The molecule has 0 aliphatic rings. The Morgan fingerprint density at radius 1 is 1.39 bits per heavy atom. The van der Waals surface area contributed by atoms with Crippen LogP contribution in [0.1, 0.15) is 31.4 Å². The molecule has 0 saturated carbocycles. The average molecular weight is 270 g/mol. The van der Waals surface area contributed by atoms with Crippen molar-refractivity contribution in [2.45, 2.75) is 25.8 Å². The summed E-state index contributed by atoms with van der Waals surface area (Å²) >= 11 is 5.87. The van der Waals surface area contributed by atoms with Crippen LogP contribution >= 0.6 is 11.6 Å². The minimum absolute atomic E-state index is 0.150. The SMILES string of the molecule is COC(=O)CCCN(C)C(C)c1ccc(Cl)cc1. The zero-order valence-electron chi connectivity index (χ0n) is 11.1. The Hall–Kier alpha value is -1.06. The van der Waals surface area contributed by atoms with Gasteiger partial charge in [-0.2, -0.15) is 0 Å². The second-order valence-corrected chi connectivity index (χ2v) is 4.82. The van der Waals surface area contributed by atoms with Gasteiger partial charge in [0, 0.05) is 17.5 Å². The zero-order chi connectivity index (χ0) is 13.5. The molecule has 18 heavy (non-hydrogen) atoms. The standard InChI is InChI=1S/C14H20ClNO2/c1-11(12-6-8-13(15)9-7-12)16(2)10-4-5-14(17)18-3/h6-9,11H,4-5,10H2,1-3H3. The first kappa shape index (κ1) is 15.0. The predicted octanol–water partition coefficient (Wildman–Crippen LogP) is 3.29. The van der Waals surface area contributed by atoms with Crippen molar-refractivity contribution in [3.05, 3.63) is 34.9 Å². The van der Waals surface area contributed by atoms with E-state index in [1.165, 1.54) is 12.7 Å². The van der Waals surface area contributed by atoms with E-state index in [9.17, 15) is 4.79 Å². The van der Waals surface area contributed by atoms with E-state index in [4.69, 9.17) is 11.6 Å². The number of methoxy groups -OCH3 is 1. The molecular weight excluding hydrogens is 250 g/mol. The average Bonchev–Trinajstić information content (AvgIpc) is 2.38. The second kappa shape index (κ2) is 7.39. The molecule has 0 spiro atoms. The fraction of sp³-hybridized carbons (Fsp3) is 0.500. The summed E-state index contributed by atoms with van der Waals surface area (Å²) in [5.74, 6) is -0.150. The first-order valence-electron chi connectivity index (χ1n) is 6.07. The van der Waals surface area contributed by atoms with E-state index in [0.29, 0.717) is 12.5 Å². The fourth-order valence-corrected chi connectivity index (χ4v) is 1.89. The number of hydrogen-bond acceptors (Lipinski definition) is 3. The van der Waals surface area contributed by atoms with Gasteiger partial charge in [0.25, 0.3) is 0 Å². The number of carbonyl (C=O) groups is 1. The molecule has 0 radical (unpaired) electrons. The molecule has 0 amide bonds. The lowest BCUT2D eigenvalue weighted by Gasteiger charge is -2.24. The molecule has 0 saturated heterocycles. The van der Waals surface area contributed by atoms with Gasteiger partial charge >= 0.3 is 5.97 Å². The highest BCUT2D eigenvalue weighted by atomic mass is 35.5. The summed E-state index contributed by atoms with van der Waals surface area (Å²) in [6.45, 7) is 3.00. The number of rotatable bonds is 6. The summed E-state index contributed by atoms with van der Waals surface area (Å²) in [6.07, 6.45) is 1.27. The van der Waals surface area contributed by atoms with E-state index >= 15 is 0 Å². The van der Waals surface area contributed by atoms with Gasteiger partial charge in [-0.1, -0.05) is 23.7 Å². The third-order valence-corrected chi connectivity index (χ3v) is 3.38. The Bertz CT molecular complexity index is 378. The van der Waals surface area contributed by atoms with Crippen molar-refractivity contribution in [2.75, 3.05) is 20.7 Å². The maximum atomic E-state index is 11.0. The largest absolute Gasteiger partial charge is 0.469 e. The van der Waals surface area contributed by atoms with Gasteiger partial charge in [-0.05, 0) is 44.6 Å². The minimum Gasteiger partial charge on any atom is -0.469 e. The van der Waals surface area contributed by atoms with Gasteiger partial charge in [-0.3, -0.25) is 9.69 Å². The van der Waals surface area contributed by atoms with Gasteiger partial charge in [0.15, 0.2) is 0 Å². The summed E-state index contributed by atoms with van der Waals surface area (Å²) in [4.78, 5) is 13.2. The van der Waals surface area contributed by atoms with Crippen LogP contribution in [0.25, 0.3) is 0 Å². The Morgan fingerprint density at radius 2 is 2.00 bits per heavy atom. The quantitative estimate of drug-likeness (QED) is 0.742. The maximum absolute atomic E-state index is 11.0. The molecule has 4 heteroatoms. The number of nitrogens with zero attached hydrogens (tertiary/aromatic N) is 1. The van der Waals surface area contributed by atoms with Crippen LogP contribution in [0.2, 0.25) is 5.02 Å². The third-order valence-electron chi connectivity index (χ3n) is 3.13. The van der Waals surface area contributed by atoms with Gasteiger partial charge in [0.1, 0.15) is 0 Å². The van der Waals surface area contributed by atoms with E-state index in [1.807, 2.05) is 24.3 Å². The Kier molecular flexibility index (Phi) is 6.16. The van der Waals surface area contributed by atoms with Crippen LogP contribution in [-0.4, -0.2) is 31.6 Å². The van der Waals surface area contributed by atoms with Crippen molar-refractivity contribution in [3.8, 4) is 0 Å². The molecule has 0 aliphatic heterocycles. The normalized spacial score (nSPS) is 12.5. The van der Waals surface area contributed by atoms with Gasteiger partial charge in [-0.25, -0.2) is 0 Å². The van der Waals surface area contributed by atoms with E-state index < -0.39 is 0 Å². The van der Waals surface area contributed by atoms with E-state index in [0.717, 1.165) is 18.0 Å². The lowest BCUT2D eigenvalue weighted by atomic mass is 10.1. The Balaban J connectivity index is 2.43. The van der Waals surface area contributed by atoms with Gasteiger partial charge < -0.3 is 4.74 Å². The van der Waals surface area contributed by atoms with E-state index in [2.05, 4.69) is 23.6 Å². The van der Waals surface area contributed by atoms with Crippen molar-refractivity contribution in [1.29, 1.82) is 0 Å². The van der Waals surface area contributed by atoms with Crippen LogP contribution in [-0.2, 0) is 9.53 Å². The number of benzene rings is 1. The summed E-state index contributed by atoms with van der Waals surface area (Å²) in [6, 6.07) is 8.17. The first-order chi connectivity index (χ1) is 8.54. The Labute approximate surface area is 114 Å². The molecule has 1 atom stereocenters. The van der Waals surface area contributed by atoms with Crippen LogP contribution in [0.15, 0.2) is 24.3 Å². The summed E-state index contributed by atoms with van der Waals surface area (Å²) < 4.78 is 4.62. The molecule has 0 fully saturated rings. The summed E-state index contributed by atoms with van der Waals surface area (Å²) in [7, 11) is 3.47. The smallest absolute Gasteiger partial charge is 0.305 e. The number of halogens is 1. The molecule has 1 rings (SSSR count). The highest BCUT2D eigenvalue weighted by molar-refractivity contribution is 6.30. The van der Waals surface area contributed by atoms with Crippen LogP contribution < -0.4 is 0 Å². The van der Waals surface area contributed by atoms with Crippen molar-refractivity contribution < 1.29 is 9.53 Å². The summed E-state index contributed by atoms with van der Waals surface area (Å²) in [5.41, 5.74) is 1.22. The van der Waals surface area contributed by atoms with Crippen molar-refractivity contribution in [2.24, 2.45) is 0 Å². The van der Waals surface area contributed by atoms with Crippen LogP contribution in [0, 0.1) is 0 Å². The molecule has 0 aromatic heterocycles. The molecule has 1 aromatic carbocycles. The predicted molar refractivity (Wildman–Crippen MR) is 73.7 cm³/mol. The number of carbonyl (C=O) groups excluding carboxylic acids is 1. The highest BCUT2D eigenvalue weighted by Crippen LogP contribution is 2.20. The molecule has 1 aromatic rings. The van der Waals surface area contributed by atoms with E-state index in [1.54, 1.807) is 0 Å². The lowest BCUT2D eigenvalue weighted by Crippen LogP contribution is -2.24. The first-order valence-corrected chi connectivity index (χ1v) is 6.45. The van der Waals surface area contributed by atoms with E-state index in [-0.39, 0.29) is 5.97 Å². The van der Waals surface area contributed by atoms with Crippen molar-refractivity contribution in [1.82, 2.24) is 4.90 Å². The minimum atomic E-state index is -0.150. The molecule has 0 N–H and O–H groups in total. The lowest BCUT2D eigenvalue weighted by molar-refractivity contribution is -0.140. The zero-order valence-corrected chi connectivity index (χ0v) is 11.9. The molecule has 0 aliphatic carbocycles.